The Bertz CT molecular complexity index is 420. The number of carbonyl (C=O) groups is 2. The maximum absolute atomic E-state index is 11.4. The minimum Gasteiger partial charge on any atom is -0.465 e. The molecule has 0 radical (unpaired) electrons. The van der Waals surface area contributed by atoms with Crippen LogP contribution in [0.4, 0.5) is 0 Å². The number of hydrogen-bond acceptors (Lipinski definition) is 8. The quantitative estimate of drug-likeness (QED) is 0.566. The monoisotopic (exact) mass is 274 g/mol. The highest BCUT2D eigenvalue weighted by molar-refractivity contribution is 8.00. The summed E-state index contributed by atoms with van der Waals surface area (Å²) in [5.41, 5.74) is 0. The van der Waals surface area contributed by atoms with E-state index in [1.807, 2.05) is 0 Å². The molecule has 1 heterocycles. The topological polar surface area (TPSA) is 91.5 Å². The minimum atomic E-state index is -0.680. The minimum absolute atomic E-state index is 0.124. The van der Waals surface area contributed by atoms with Gasteiger partial charge in [0.2, 0.25) is 0 Å². The van der Waals surface area contributed by atoms with Crippen LogP contribution in [0.25, 0.3) is 0 Å². The van der Waals surface area contributed by atoms with Crippen LogP contribution >= 0.6 is 11.8 Å². The zero-order chi connectivity index (χ0) is 13.5. The number of hydrogen-bond donors (Lipinski definition) is 0. The maximum Gasteiger partial charge on any atom is 0.396 e. The van der Waals surface area contributed by atoms with Gasteiger partial charge >= 0.3 is 17.8 Å². The molecule has 0 spiro atoms. The van der Waals surface area contributed by atoms with Crippen molar-refractivity contribution in [3.8, 4) is 0 Å². The first kappa shape index (κ1) is 14.5. The molecule has 0 aliphatic rings. The third kappa shape index (κ3) is 4.02. The van der Waals surface area contributed by atoms with Crippen LogP contribution in [0.15, 0.2) is 9.64 Å². The molecule has 0 fully saturated rings. The lowest BCUT2D eigenvalue weighted by molar-refractivity contribution is -0.142. The van der Waals surface area contributed by atoms with E-state index in [1.165, 1.54) is 0 Å². The number of esters is 2. The standard InChI is InChI=1S/C10H14N2O5S/c1-4-15-8(13)6(3)18-10-12-11-7(17-10)9(14)16-5-2/h6H,4-5H2,1-3H3. The van der Waals surface area contributed by atoms with Gasteiger partial charge in [-0.2, -0.15) is 0 Å². The lowest BCUT2D eigenvalue weighted by Crippen LogP contribution is -2.16. The maximum atomic E-state index is 11.4. The third-order valence-corrected chi connectivity index (χ3v) is 2.67. The van der Waals surface area contributed by atoms with Crippen LogP contribution in [0.1, 0.15) is 31.5 Å². The van der Waals surface area contributed by atoms with Crippen molar-refractivity contribution >= 4 is 23.7 Å². The van der Waals surface area contributed by atoms with Gasteiger partial charge in [0.05, 0.1) is 13.2 Å². The largest absolute Gasteiger partial charge is 0.465 e. The molecule has 1 unspecified atom stereocenters. The molecule has 0 aromatic carbocycles. The summed E-state index contributed by atoms with van der Waals surface area (Å²) < 4.78 is 14.6. The molecule has 0 N–H and O–H groups in total. The van der Waals surface area contributed by atoms with Crippen molar-refractivity contribution in [2.45, 2.75) is 31.2 Å². The summed E-state index contributed by atoms with van der Waals surface area (Å²) in [6.45, 7) is 5.58. The molecule has 0 bridgehead atoms. The van der Waals surface area contributed by atoms with Gasteiger partial charge in [-0.15, -0.1) is 5.10 Å². The summed E-state index contributed by atoms with van der Waals surface area (Å²) in [5.74, 6) is -1.28. The smallest absolute Gasteiger partial charge is 0.396 e. The number of carbonyl (C=O) groups excluding carboxylic acids is 2. The molecule has 0 saturated heterocycles. The van der Waals surface area contributed by atoms with Gasteiger partial charge < -0.3 is 13.9 Å². The van der Waals surface area contributed by atoms with Crippen molar-refractivity contribution in [1.29, 1.82) is 0 Å². The molecule has 1 aromatic heterocycles. The van der Waals surface area contributed by atoms with Crippen LogP contribution in [0.2, 0.25) is 0 Å². The SMILES string of the molecule is CCOC(=O)c1nnc(SC(C)C(=O)OCC)o1. The van der Waals surface area contributed by atoms with E-state index < -0.39 is 11.2 Å². The van der Waals surface area contributed by atoms with Crippen LogP contribution < -0.4 is 0 Å². The Labute approximate surface area is 108 Å². The molecule has 0 aliphatic carbocycles. The van der Waals surface area contributed by atoms with Crippen molar-refractivity contribution in [1.82, 2.24) is 10.2 Å². The zero-order valence-electron chi connectivity index (χ0n) is 10.3. The van der Waals surface area contributed by atoms with Gasteiger partial charge in [0, 0.05) is 0 Å². The number of aromatic nitrogens is 2. The highest BCUT2D eigenvalue weighted by Gasteiger charge is 2.21. The van der Waals surface area contributed by atoms with Gasteiger partial charge in [0.15, 0.2) is 0 Å². The van der Waals surface area contributed by atoms with E-state index in [9.17, 15) is 9.59 Å². The van der Waals surface area contributed by atoms with Crippen molar-refractivity contribution < 1.29 is 23.5 Å². The predicted octanol–water partition coefficient (Wildman–Crippen LogP) is 1.29. The fourth-order valence-corrected chi connectivity index (χ4v) is 1.67. The van der Waals surface area contributed by atoms with Crippen molar-refractivity contribution in [2.75, 3.05) is 13.2 Å². The summed E-state index contributed by atoms with van der Waals surface area (Å²) >= 11 is 1.03. The van der Waals surface area contributed by atoms with Crippen LogP contribution in [0.3, 0.4) is 0 Å². The van der Waals surface area contributed by atoms with E-state index in [0.717, 1.165) is 11.8 Å². The van der Waals surface area contributed by atoms with E-state index >= 15 is 0 Å². The van der Waals surface area contributed by atoms with Crippen LogP contribution in [0, 0.1) is 0 Å². The average Bonchev–Trinajstić information content (AvgIpc) is 2.78. The number of thioether (sulfide) groups is 1. The summed E-state index contributed by atoms with van der Waals surface area (Å²) in [6, 6.07) is 0. The molecule has 100 valence electrons. The summed E-state index contributed by atoms with van der Waals surface area (Å²) in [6.07, 6.45) is 0. The molecule has 8 heteroatoms. The lowest BCUT2D eigenvalue weighted by Gasteiger charge is -2.06. The van der Waals surface area contributed by atoms with Gasteiger partial charge in [-0.1, -0.05) is 16.9 Å². The van der Waals surface area contributed by atoms with Crippen LogP contribution in [-0.4, -0.2) is 40.6 Å². The summed E-state index contributed by atoms with van der Waals surface area (Å²) in [5, 5.41) is 6.81. The predicted molar refractivity (Wildman–Crippen MR) is 62.2 cm³/mol. The summed E-state index contributed by atoms with van der Waals surface area (Å²) in [4.78, 5) is 22.6. The average molecular weight is 274 g/mol. The second-order valence-corrected chi connectivity index (χ2v) is 4.40. The zero-order valence-corrected chi connectivity index (χ0v) is 11.2. The van der Waals surface area contributed by atoms with Gasteiger partial charge in [-0.25, -0.2) is 4.79 Å². The highest BCUT2D eigenvalue weighted by atomic mass is 32.2. The van der Waals surface area contributed by atoms with Crippen LogP contribution in [-0.2, 0) is 14.3 Å². The normalized spacial score (nSPS) is 11.9. The second kappa shape index (κ2) is 7.00. The molecule has 18 heavy (non-hydrogen) atoms. The third-order valence-electron chi connectivity index (χ3n) is 1.75. The van der Waals surface area contributed by atoms with Gasteiger partial charge in [-0.3, -0.25) is 4.79 Å². The van der Waals surface area contributed by atoms with Crippen molar-refractivity contribution in [2.24, 2.45) is 0 Å². The Morgan fingerprint density at radius 1 is 1.28 bits per heavy atom. The van der Waals surface area contributed by atoms with Gasteiger partial charge in [-0.05, 0) is 20.8 Å². The number of rotatable bonds is 6. The fourth-order valence-electron chi connectivity index (χ4n) is 0.992. The first-order valence-electron chi connectivity index (χ1n) is 5.42. The molecule has 0 aliphatic heterocycles. The molecule has 1 atom stereocenters. The number of nitrogens with zero attached hydrogens (tertiary/aromatic N) is 2. The van der Waals surface area contributed by atoms with Crippen molar-refractivity contribution in [3.63, 3.8) is 0 Å². The van der Waals surface area contributed by atoms with E-state index in [2.05, 4.69) is 10.2 Å². The Balaban J connectivity index is 2.58. The molecule has 1 rings (SSSR count). The summed E-state index contributed by atoms with van der Waals surface area (Å²) in [7, 11) is 0. The Morgan fingerprint density at radius 3 is 2.56 bits per heavy atom. The molecule has 1 aromatic rings. The molecule has 0 amide bonds. The first-order chi connectivity index (χ1) is 8.58. The Morgan fingerprint density at radius 2 is 1.94 bits per heavy atom. The van der Waals surface area contributed by atoms with E-state index in [0.29, 0.717) is 6.61 Å². The van der Waals surface area contributed by atoms with Gasteiger partial charge in [0.1, 0.15) is 5.25 Å². The fraction of sp³-hybridized carbons (Fsp3) is 0.600. The number of ether oxygens (including phenoxy) is 2. The van der Waals surface area contributed by atoms with Crippen molar-refractivity contribution in [3.05, 3.63) is 5.89 Å². The van der Waals surface area contributed by atoms with Crippen LogP contribution in [0.5, 0.6) is 0 Å². The van der Waals surface area contributed by atoms with Gasteiger partial charge in [0.25, 0.3) is 5.22 Å². The first-order valence-corrected chi connectivity index (χ1v) is 6.30. The van der Waals surface area contributed by atoms with E-state index in [1.54, 1.807) is 20.8 Å². The molecular formula is C10H14N2O5S. The molecule has 0 saturated carbocycles. The second-order valence-electron chi connectivity index (χ2n) is 3.11. The van der Waals surface area contributed by atoms with E-state index in [4.69, 9.17) is 13.9 Å². The Kier molecular flexibility index (Phi) is 5.63. The molecular weight excluding hydrogens is 260 g/mol. The highest BCUT2D eigenvalue weighted by Crippen LogP contribution is 2.22. The molecule has 7 nitrogen and oxygen atoms in total. The Hall–Kier alpha value is -1.57. The lowest BCUT2D eigenvalue weighted by atomic mass is 10.5. The van der Waals surface area contributed by atoms with E-state index in [-0.39, 0.29) is 23.7 Å².